The molecule has 0 bridgehead atoms. The highest BCUT2D eigenvalue weighted by Crippen LogP contribution is 2.22. The summed E-state index contributed by atoms with van der Waals surface area (Å²) >= 11 is 5.04. The summed E-state index contributed by atoms with van der Waals surface area (Å²) in [5, 5.41) is 12.1. The Morgan fingerprint density at radius 1 is 1.12 bits per heavy atom. The predicted octanol–water partition coefficient (Wildman–Crippen LogP) is 4.36. The van der Waals surface area contributed by atoms with Gasteiger partial charge in [-0.25, -0.2) is 0 Å². The fraction of sp³-hybridized carbons (Fsp3) is 0.211. The van der Waals surface area contributed by atoms with Crippen molar-refractivity contribution in [2.24, 2.45) is 7.05 Å². The fourth-order valence-corrected chi connectivity index (χ4v) is 3.49. The van der Waals surface area contributed by atoms with Gasteiger partial charge in [0.2, 0.25) is 5.91 Å². The zero-order valence-corrected chi connectivity index (χ0v) is 17.0. The summed E-state index contributed by atoms with van der Waals surface area (Å²) in [5.41, 5.74) is 3.15. The van der Waals surface area contributed by atoms with Crippen molar-refractivity contribution < 1.29 is 4.79 Å². The number of hydrogen-bond acceptors (Lipinski definition) is 4. The third-order valence-corrected chi connectivity index (χ3v) is 5.48. The van der Waals surface area contributed by atoms with Crippen LogP contribution in [0.1, 0.15) is 17.0 Å². The molecule has 1 heterocycles. The van der Waals surface area contributed by atoms with Crippen molar-refractivity contribution in [3.05, 3.63) is 70.0 Å². The first-order chi connectivity index (χ1) is 12.5. The molecule has 0 fully saturated rings. The van der Waals surface area contributed by atoms with Crippen molar-refractivity contribution in [2.45, 2.75) is 24.3 Å². The van der Waals surface area contributed by atoms with E-state index in [-0.39, 0.29) is 12.3 Å². The van der Waals surface area contributed by atoms with E-state index in [1.165, 1.54) is 5.56 Å². The quantitative estimate of drug-likeness (QED) is 0.590. The second kappa shape index (κ2) is 8.51. The summed E-state index contributed by atoms with van der Waals surface area (Å²) in [4.78, 5) is 12.2. The zero-order chi connectivity index (χ0) is 18.5. The highest BCUT2D eigenvalue weighted by atomic mass is 79.9. The van der Waals surface area contributed by atoms with Crippen molar-refractivity contribution in [1.82, 2.24) is 14.8 Å². The minimum absolute atomic E-state index is 0.103. The summed E-state index contributed by atoms with van der Waals surface area (Å²) in [6.45, 7) is 2.01. The Morgan fingerprint density at radius 2 is 1.81 bits per heavy atom. The monoisotopic (exact) mass is 430 g/mol. The number of anilines is 1. The molecular formula is C19H19BrN4OS. The lowest BCUT2D eigenvalue weighted by Crippen LogP contribution is -2.17. The summed E-state index contributed by atoms with van der Waals surface area (Å²) in [6.07, 6.45) is 0.191. The van der Waals surface area contributed by atoms with Crippen LogP contribution >= 0.6 is 27.7 Å². The Labute approximate surface area is 165 Å². The van der Waals surface area contributed by atoms with Gasteiger partial charge in [0, 0.05) is 23.0 Å². The molecule has 0 aliphatic carbocycles. The molecule has 7 heteroatoms. The zero-order valence-electron chi connectivity index (χ0n) is 14.6. The molecule has 1 aromatic heterocycles. The van der Waals surface area contributed by atoms with Crippen LogP contribution < -0.4 is 5.32 Å². The van der Waals surface area contributed by atoms with Crippen LogP contribution in [0, 0.1) is 6.92 Å². The molecular weight excluding hydrogens is 412 g/mol. The van der Waals surface area contributed by atoms with Gasteiger partial charge in [-0.05, 0) is 36.8 Å². The molecule has 0 saturated heterocycles. The molecule has 26 heavy (non-hydrogen) atoms. The maximum atomic E-state index is 12.2. The molecule has 0 radical (unpaired) electrons. The van der Waals surface area contributed by atoms with E-state index in [1.807, 2.05) is 54.9 Å². The Hall–Kier alpha value is -2.12. The van der Waals surface area contributed by atoms with E-state index >= 15 is 0 Å². The first kappa shape index (κ1) is 18.7. The van der Waals surface area contributed by atoms with Crippen LogP contribution in [0.15, 0.2) is 58.2 Å². The largest absolute Gasteiger partial charge is 0.326 e. The lowest BCUT2D eigenvalue weighted by Gasteiger charge is -2.06. The maximum absolute atomic E-state index is 12.2. The predicted molar refractivity (Wildman–Crippen MR) is 108 cm³/mol. The molecule has 1 N–H and O–H groups in total. The molecule has 2 aromatic carbocycles. The third-order valence-electron chi connectivity index (χ3n) is 3.86. The number of nitrogens with zero attached hydrogens (tertiary/aromatic N) is 3. The van der Waals surface area contributed by atoms with Crippen LogP contribution in [-0.4, -0.2) is 20.7 Å². The van der Waals surface area contributed by atoms with Gasteiger partial charge in [0.05, 0.1) is 6.42 Å². The number of nitrogens with one attached hydrogen (secondary N) is 1. The third kappa shape index (κ3) is 4.95. The number of amides is 1. The smallest absolute Gasteiger partial charge is 0.232 e. The maximum Gasteiger partial charge on any atom is 0.232 e. The van der Waals surface area contributed by atoms with Crippen LogP contribution in [0.4, 0.5) is 5.69 Å². The molecule has 0 spiro atoms. The van der Waals surface area contributed by atoms with Crippen LogP contribution in [0.3, 0.4) is 0 Å². The van der Waals surface area contributed by atoms with Gasteiger partial charge < -0.3 is 9.88 Å². The van der Waals surface area contributed by atoms with Gasteiger partial charge in [-0.3, -0.25) is 4.79 Å². The van der Waals surface area contributed by atoms with Crippen molar-refractivity contribution >= 4 is 39.3 Å². The molecule has 3 aromatic rings. The summed E-state index contributed by atoms with van der Waals surface area (Å²) in [7, 11) is 1.89. The number of rotatable bonds is 6. The number of halogens is 1. The molecule has 0 unspecified atom stereocenters. The van der Waals surface area contributed by atoms with Crippen LogP contribution in [-0.2, 0) is 24.0 Å². The Morgan fingerprint density at radius 3 is 2.50 bits per heavy atom. The average molecular weight is 431 g/mol. The summed E-state index contributed by atoms with van der Waals surface area (Å²) in [5.74, 6) is 1.34. The molecule has 1 amide bonds. The number of carbonyl (C=O) groups is 1. The van der Waals surface area contributed by atoms with E-state index in [9.17, 15) is 4.79 Å². The van der Waals surface area contributed by atoms with E-state index in [0.29, 0.717) is 5.82 Å². The molecule has 0 aliphatic heterocycles. The molecule has 0 aliphatic rings. The first-order valence-corrected chi connectivity index (χ1v) is 9.91. The van der Waals surface area contributed by atoms with Crippen molar-refractivity contribution in [2.75, 3.05) is 5.32 Å². The fourth-order valence-electron chi connectivity index (χ4n) is 2.34. The van der Waals surface area contributed by atoms with Gasteiger partial charge in [0.1, 0.15) is 5.82 Å². The minimum atomic E-state index is -0.103. The number of carbonyl (C=O) groups excluding carboxylic acids is 1. The average Bonchev–Trinajstić information content (AvgIpc) is 2.96. The topological polar surface area (TPSA) is 59.8 Å². The molecule has 5 nitrogen and oxygen atoms in total. The Balaban J connectivity index is 1.58. The van der Waals surface area contributed by atoms with Crippen molar-refractivity contribution in [1.29, 1.82) is 0 Å². The normalized spacial score (nSPS) is 10.7. The van der Waals surface area contributed by atoms with Crippen molar-refractivity contribution in [3.8, 4) is 0 Å². The number of benzene rings is 2. The SMILES string of the molecule is Cc1ccc(NC(=O)Cc2nnc(SCc3ccc(Br)cc3)n2C)cc1. The van der Waals surface area contributed by atoms with E-state index < -0.39 is 0 Å². The molecule has 0 saturated carbocycles. The van der Waals surface area contributed by atoms with Gasteiger partial charge in [-0.15, -0.1) is 10.2 Å². The highest BCUT2D eigenvalue weighted by Gasteiger charge is 2.13. The van der Waals surface area contributed by atoms with Gasteiger partial charge in [-0.2, -0.15) is 0 Å². The van der Waals surface area contributed by atoms with Crippen LogP contribution in [0.2, 0.25) is 0 Å². The number of aromatic nitrogens is 3. The Bertz CT molecular complexity index is 891. The minimum Gasteiger partial charge on any atom is -0.326 e. The van der Waals surface area contributed by atoms with Crippen molar-refractivity contribution in [3.63, 3.8) is 0 Å². The van der Waals surface area contributed by atoms with Gasteiger partial charge >= 0.3 is 0 Å². The summed E-state index contributed by atoms with van der Waals surface area (Å²) in [6, 6.07) is 15.9. The van der Waals surface area contributed by atoms with Crippen LogP contribution in [0.5, 0.6) is 0 Å². The Kier molecular flexibility index (Phi) is 6.11. The molecule has 134 valence electrons. The summed E-state index contributed by atoms with van der Waals surface area (Å²) < 4.78 is 2.94. The van der Waals surface area contributed by atoms with E-state index in [2.05, 4.69) is 43.6 Å². The number of hydrogen-bond donors (Lipinski definition) is 1. The standard InChI is InChI=1S/C19H19BrN4OS/c1-13-3-9-16(10-4-13)21-18(25)11-17-22-23-19(24(17)2)26-12-14-5-7-15(20)8-6-14/h3-10H,11-12H2,1-2H3,(H,21,25). The lowest BCUT2D eigenvalue weighted by atomic mass is 10.2. The molecule has 0 atom stereocenters. The molecule has 3 rings (SSSR count). The van der Waals surface area contributed by atoms with E-state index in [1.54, 1.807) is 11.8 Å². The second-order valence-electron chi connectivity index (χ2n) is 5.96. The van der Waals surface area contributed by atoms with E-state index in [0.717, 1.165) is 26.6 Å². The number of thioether (sulfide) groups is 1. The lowest BCUT2D eigenvalue weighted by molar-refractivity contribution is -0.115. The first-order valence-electron chi connectivity index (χ1n) is 8.13. The van der Waals surface area contributed by atoms with E-state index in [4.69, 9.17) is 0 Å². The number of aryl methyl sites for hydroxylation is 1. The van der Waals surface area contributed by atoms with Crippen LogP contribution in [0.25, 0.3) is 0 Å². The van der Waals surface area contributed by atoms with Gasteiger partial charge in [-0.1, -0.05) is 57.5 Å². The second-order valence-corrected chi connectivity index (χ2v) is 7.82. The van der Waals surface area contributed by atoms with Gasteiger partial charge in [0.15, 0.2) is 5.16 Å². The van der Waals surface area contributed by atoms with Gasteiger partial charge in [0.25, 0.3) is 0 Å². The highest BCUT2D eigenvalue weighted by molar-refractivity contribution is 9.10.